The van der Waals surface area contributed by atoms with E-state index in [1.54, 1.807) is 0 Å². The molecule has 0 atom stereocenters. The Labute approximate surface area is 122 Å². The third-order valence-corrected chi connectivity index (χ3v) is 4.25. The van der Waals surface area contributed by atoms with Crippen molar-refractivity contribution in [3.63, 3.8) is 0 Å². The van der Waals surface area contributed by atoms with Crippen molar-refractivity contribution in [2.24, 2.45) is 0 Å². The van der Waals surface area contributed by atoms with Crippen molar-refractivity contribution in [2.75, 3.05) is 31.2 Å². The number of hydrogen-bond donors (Lipinski definition) is 2. The van der Waals surface area contributed by atoms with Crippen LogP contribution in [-0.4, -0.2) is 41.0 Å². The molecule has 0 aliphatic heterocycles. The third kappa shape index (κ3) is 3.60. The maximum Gasteiger partial charge on any atom is 0.134 e. The number of aryl methyl sites for hydroxylation is 1. The molecule has 0 bridgehead atoms. The average Bonchev–Trinajstić information content (AvgIpc) is 2.97. The van der Waals surface area contributed by atoms with E-state index in [0.717, 1.165) is 42.8 Å². The van der Waals surface area contributed by atoms with Crippen LogP contribution in [0.5, 0.6) is 0 Å². The second-order valence-electron chi connectivity index (χ2n) is 5.70. The molecule has 1 aliphatic carbocycles. The van der Waals surface area contributed by atoms with Gasteiger partial charge >= 0.3 is 0 Å². The first-order valence-electron chi connectivity index (χ1n) is 7.69. The van der Waals surface area contributed by atoms with Gasteiger partial charge in [0.1, 0.15) is 17.5 Å². The lowest BCUT2D eigenvalue weighted by Crippen LogP contribution is -2.33. The summed E-state index contributed by atoms with van der Waals surface area (Å²) in [6.45, 7) is 5.95. The monoisotopic (exact) mass is 277 g/mol. The normalized spacial score (nSPS) is 16.0. The minimum atomic E-state index is 0.587. The van der Waals surface area contributed by atoms with Crippen molar-refractivity contribution in [3.05, 3.63) is 11.4 Å². The molecule has 0 radical (unpaired) electrons. The van der Waals surface area contributed by atoms with E-state index in [1.165, 1.54) is 25.7 Å². The van der Waals surface area contributed by atoms with Crippen LogP contribution in [0.4, 0.5) is 11.6 Å². The number of likely N-dealkylation sites (N-methyl/N-ethyl adjacent to an activating group) is 1. The van der Waals surface area contributed by atoms with E-state index in [1.807, 2.05) is 13.8 Å². The minimum absolute atomic E-state index is 0.587. The molecule has 1 aromatic heterocycles. The van der Waals surface area contributed by atoms with Crippen LogP contribution >= 0.6 is 0 Å². The van der Waals surface area contributed by atoms with Crippen LogP contribution < -0.4 is 11.1 Å². The zero-order valence-electron chi connectivity index (χ0n) is 12.9. The van der Waals surface area contributed by atoms with Crippen LogP contribution in [0.15, 0.2) is 0 Å². The first kappa shape index (κ1) is 15.0. The molecule has 2 rings (SSSR count). The summed E-state index contributed by atoms with van der Waals surface area (Å²) in [6, 6.07) is 0.763. The Balaban J connectivity index is 1.88. The van der Waals surface area contributed by atoms with E-state index in [-0.39, 0.29) is 0 Å². The fourth-order valence-corrected chi connectivity index (χ4v) is 2.79. The summed E-state index contributed by atoms with van der Waals surface area (Å²) >= 11 is 0. The van der Waals surface area contributed by atoms with Crippen molar-refractivity contribution < 1.29 is 0 Å². The minimum Gasteiger partial charge on any atom is -0.383 e. The van der Waals surface area contributed by atoms with E-state index >= 15 is 0 Å². The van der Waals surface area contributed by atoms with Gasteiger partial charge in [-0.3, -0.25) is 0 Å². The number of nitrogens with one attached hydrogen (secondary N) is 1. The average molecular weight is 277 g/mol. The smallest absolute Gasteiger partial charge is 0.134 e. The van der Waals surface area contributed by atoms with Crippen molar-refractivity contribution in [1.29, 1.82) is 0 Å². The third-order valence-electron chi connectivity index (χ3n) is 4.25. The SMILES string of the molecule is CCc1nc(N)c(C)c(NCCN(C)C2CCCC2)n1. The number of anilines is 2. The molecule has 0 spiro atoms. The first-order valence-corrected chi connectivity index (χ1v) is 7.69. The molecule has 1 heterocycles. The lowest BCUT2D eigenvalue weighted by atomic mass is 10.2. The molecule has 5 heteroatoms. The zero-order valence-corrected chi connectivity index (χ0v) is 12.9. The number of nitrogens with two attached hydrogens (primary N) is 1. The van der Waals surface area contributed by atoms with Crippen molar-refractivity contribution >= 4 is 11.6 Å². The van der Waals surface area contributed by atoms with Crippen LogP contribution in [0.25, 0.3) is 0 Å². The summed E-state index contributed by atoms with van der Waals surface area (Å²) < 4.78 is 0. The van der Waals surface area contributed by atoms with Gasteiger partial charge in [0.05, 0.1) is 0 Å². The molecule has 0 aromatic carbocycles. The highest BCUT2D eigenvalue weighted by Crippen LogP contribution is 2.22. The summed E-state index contributed by atoms with van der Waals surface area (Å²) in [6.07, 6.45) is 6.25. The van der Waals surface area contributed by atoms with Gasteiger partial charge in [-0.1, -0.05) is 19.8 Å². The maximum absolute atomic E-state index is 5.93. The van der Waals surface area contributed by atoms with E-state index in [4.69, 9.17) is 5.73 Å². The quantitative estimate of drug-likeness (QED) is 0.834. The Morgan fingerprint density at radius 2 is 2.00 bits per heavy atom. The largest absolute Gasteiger partial charge is 0.383 e. The fraction of sp³-hybridized carbons (Fsp3) is 0.733. The lowest BCUT2D eigenvalue weighted by molar-refractivity contribution is 0.254. The van der Waals surface area contributed by atoms with E-state index in [0.29, 0.717) is 5.82 Å². The number of aromatic nitrogens is 2. The van der Waals surface area contributed by atoms with Gasteiger partial charge in [-0.25, -0.2) is 9.97 Å². The fourth-order valence-electron chi connectivity index (χ4n) is 2.79. The number of hydrogen-bond acceptors (Lipinski definition) is 5. The van der Waals surface area contributed by atoms with Crippen LogP contribution in [0.2, 0.25) is 0 Å². The van der Waals surface area contributed by atoms with Gasteiger partial charge in [0.15, 0.2) is 0 Å². The second-order valence-corrected chi connectivity index (χ2v) is 5.70. The maximum atomic E-state index is 5.93. The lowest BCUT2D eigenvalue weighted by Gasteiger charge is -2.24. The summed E-state index contributed by atoms with van der Waals surface area (Å²) in [4.78, 5) is 11.3. The van der Waals surface area contributed by atoms with Crippen LogP contribution in [0.3, 0.4) is 0 Å². The highest BCUT2D eigenvalue weighted by atomic mass is 15.2. The molecule has 1 aliphatic rings. The molecular weight excluding hydrogens is 250 g/mol. The summed E-state index contributed by atoms with van der Waals surface area (Å²) in [5, 5.41) is 3.41. The topological polar surface area (TPSA) is 67.1 Å². The predicted octanol–water partition coefficient (Wildman–Crippen LogP) is 2.22. The molecule has 1 fully saturated rings. The summed E-state index contributed by atoms with van der Waals surface area (Å²) in [5.41, 5.74) is 6.88. The molecule has 0 saturated heterocycles. The van der Waals surface area contributed by atoms with Gasteiger partial charge in [-0.2, -0.15) is 0 Å². The number of rotatable bonds is 6. The molecule has 1 saturated carbocycles. The van der Waals surface area contributed by atoms with Crippen molar-refractivity contribution in [2.45, 2.75) is 52.0 Å². The molecule has 20 heavy (non-hydrogen) atoms. The van der Waals surface area contributed by atoms with Gasteiger partial charge in [-0.15, -0.1) is 0 Å². The Morgan fingerprint density at radius 1 is 1.30 bits per heavy atom. The van der Waals surface area contributed by atoms with Gasteiger partial charge < -0.3 is 16.0 Å². The molecule has 3 N–H and O–H groups in total. The molecule has 112 valence electrons. The van der Waals surface area contributed by atoms with Crippen molar-refractivity contribution in [1.82, 2.24) is 14.9 Å². The van der Waals surface area contributed by atoms with Gasteiger partial charge in [-0.05, 0) is 26.8 Å². The van der Waals surface area contributed by atoms with Crippen LogP contribution in [0.1, 0.15) is 44.0 Å². The molecular formula is C15H27N5. The van der Waals surface area contributed by atoms with Crippen LogP contribution in [-0.2, 0) is 6.42 Å². The Morgan fingerprint density at radius 3 is 2.65 bits per heavy atom. The molecule has 0 unspecified atom stereocenters. The molecule has 5 nitrogen and oxygen atoms in total. The highest BCUT2D eigenvalue weighted by molar-refractivity contribution is 5.54. The summed E-state index contributed by atoms with van der Waals surface area (Å²) in [5.74, 6) is 2.28. The van der Waals surface area contributed by atoms with Gasteiger partial charge in [0.25, 0.3) is 0 Å². The Bertz CT molecular complexity index is 440. The molecule has 1 aromatic rings. The standard InChI is InChI=1S/C15H27N5/c1-4-13-18-14(16)11(2)15(19-13)17-9-10-20(3)12-7-5-6-8-12/h12H,4-10H2,1-3H3,(H3,16,17,18,19). The number of nitrogen functional groups attached to an aromatic ring is 1. The van der Waals surface area contributed by atoms with Crippen molar-refractivity contribution in [3.8, 4) is 0 Å². The van der Waals surface area contributed by atoms with Gasteiger partial charge in [0, 0.05) is 31.1 Å². The molecule has 0 amide bonds. The van der Waals surface area contributed by atoms with E-state index < -0.39 is 0 Å². The first-order chi connectivity index (χ1) is 9.61. The van der Waals surface area contributed by atoms with E-state index in [2.05, 4.69) is 27.2 Å². The highest BCUT2D eigenvalue weighted by Gasteiger charge is 2.19. The second kappa shape index (κ2) is 6.88. The predicted molar refractivity (Wildman–Crippen MR) is 83.9 cm³/mol. The zero-order chi connectivity index (χ0) is 14.5. The Hall–Kier alpha value is -1.36. The van der Waals surface area contributed by atoms with Crippen LogP contribution in [0, 0.1) is 6.92 Å². The number of nitrogens with zero attached hydrogens (tertiary/aromatic N) is 3. The van der Waals surface area contributed by atoms with Gasteiger partial charge in [0.2, 0.25) is 0 Å². The Kier molecular flexibility index (Phi) is 5.17. The summed E-state index contributed by atoms with van der Waals surface area (Å²) in [7, 11) is 2.22. The van der Waals surface area contributed by atoms with E-state index in [9.17, 15) is 0 Å².